The first-order valence-electron chi connectivity index (χ1n) is 42.0. The lowest BCUT2D eigenvalue weighted by molar-refractivity contribution is -0.193. The largest absolute Gasteiger partial charge is 0.505 e. The van der Waals surface area contributed by atoms with Crippen LogP contribution >= 0.6 is 28.3 Å². The third-order valence-corrected chi connectivity index (χ3v) is 22.5. The number of carbonyl (C=O) groups is 9. The van der Waals surface area contributed by atoms with Gasteiger partial charge in [-0.05, 0) is 211 Å². The minimum absolute atomic E-state index is 0. The summed E-state index contributed by atoms with van der Waals surface area (Å²) in [6.45, 7) is 9.08. The van der Waals surface area contributed by atoms with Crippen molar-refractivity contribution in [3.63, 3.8) is 0 Å². The lowest BCUT2D eigenvalue weighted by atomic mass is 10.0. The second-order valence-corrected chi connectivity index (χ2v) is 32.1. The summed E-state index contributed by atoms with van der Waals surface area (Å²) in [5.74, 6) is -2.97. The normalized spacial score (nSPS) is 16.2. The molecule has 4 aliphatic carbocycles. The number of aromatic hydroxyl groups is 3. The van der Waals surface area contributed by atoms with Crippen molar-refractivity contribution in [2.24, 2.45) is 23.7 Å². The number of aromatic nitrogens is 1. The SMILES string of the molecule is C#C[C@]1(CN2Cc3ccc(OCC4CC4)c(F)c3C2=O)NC(=O)NC1=O.CCN1CCN(c2ccc(O)c(Br)n2)CC1.COc1ccccc1F.Cl.O=C(OCC1CC1)c1c(CN2C(=O)c3ccccc3C2=O)ccc(OCC2CC2)c1F.O=C1NCc2ccc(OCC3CC3)c(F)c21.O=C1c2ccccc2C(=O)N1Cc1ccc(O)c(F)c1.O=C=O.O=C=O.O=C=O.Oc1ccccc1F. The van der Waals surface area contributed by atoms with Crippen LogP contribution in [0.15, 0.2) is 168 Å². The Morgan fingerprint density at radius 2 is 0.978 bits per heavy atom. The number of nitrogens with zero attached hydrogens (tertiary/aromatic N) is 6. The van der Waals surface area contributed by atoms with Crippen LogP contribution < -0.4 is 39.8 Å². The smallest absolute Gasteiger partial charge is 0.373 e. The number of carbonyl (C=O) groups excluding carboxylic acids is 15. The van der Waals surface area contributed by atoms with E-state index in [-0.39, 0.29) is 144 Å². The summed E-state index contributed by atoms with van der Waals surface area (Å²) in [7, 11) is 1.44. The van der Waals surface area contributed by atoms with Gasteiger partial charge in [0.15, 0.2) is 74.9 Å². The van der Waals surface area contributed by atoms with E-state index in [2.05, 4.69) is 64.2 Å². The van der Waals surface area contributed by atoms with E-state index < -0.39 is 76.0 Å². The molecule has 6 fully saturated rings. The lowest BCUT2D eigenvalue weighted by Gasteiger charge is -2.34. The Morgan fingerprint density at radius 3 is 1.43 bits per heavy atom. The van der Waals surface area contributed by atoms with Crippen LogP contribution in [-0.2, 0) is 64.5 Å². The summed E-state index contributed by atoms with van der Waals surface area (Å²) in [6, 6.07) is 41.0. The van der Waals surface area contributed by atoms with E-state index >= 15 is 4.39 Å². The number of pyridine rings is 1. The van der Waals surface area contributed by atoms with E-state index in [1.54, 1.807) is 97.1 Å². The van der Waals surface area contributed by atoms with Gasteiger partial charge < -0.3 is 64.3 Å². The highest BCUT2D eigenvalue weighted by Crippen LogP contribution is 2.39. The number of rotatable bonds is 21. The second-order valence-electron chi connectivity index (χ2n) is 31.3. The van der Waals surface area contributed by atoms with E-state index in [0.29, 0.717) is 93.6 Å². The minimum atomic E-state index is -1.66. The Labute approximate surface area is 788 Å². The molecule has 19 rings (SSSR count). The van der Waals surface area contributed by atoms with Crippen LogP contribution in [0.3, 0.4) is 0 Å². The van der Waals surface area contributed by atoms with Gasteiger partial charge in [-0.1, -0.05) is 85.6 Å². The monoisotopic (exact) mass is 1960 g/mol. The fraction of sp³-hybridized carbons (Fsp3) is 0.302. The van der Waals surface area contributed by atoms with E-state index in [1.807, 2.05) is 6.07 Å². The van der Waals surface area contributed by atoms with Crippen LogP contribution in [0.2, 0.25) is 0 Å². The number of fused-ring (bicyclic) bond motifs is 4. The summed E-state index contributed by atoms with van der Waals surface area (Å²) < 4.78 is 109. The molecular formula is C96H89BrClF6N9O23. The van der Waals surface area contributed by atoms with E-state index in [1.165, 1.54) is 66.6 Å². The molecule has 9 amide bonds. The lowest BCUT2D eigenvalue weighted by Crippen LogP contribution is -2.54. The number of hydrogen-bond donors (Lipinski definition) is 6. The molecule has 4 saturated carbocycles. The fourth-order valence-electron chi connectivity index (χ4n) is 13.8. The number of para-hydroxylation sites is 2. The highest BCUT2D eigenvalue weighted by Gasteiger charge is 2.49. The van der Waals surface area contributed by atoms with Crippen molar-refractivity contribution >= 4 is 106 Å². The zero-order chi connectivity index (χ0) is 97.7. The van der Waals surface area contributed by atoms with Crippen LogP contribution in [0.5, 0.6) is 40.2 Å². The zero-order valence-electron chi connectivity index (χ0n) is 72.8. The van der Waals surface area contributed by atoms with E-state index in [4.69, 9.17) is 64.4 Å². The molecule has 0 radical (unpaired) electrons. The van der Waals surface area contributed by atoms with Crippen LogP contribution in [0.25, 0.3) is 0 Å². The number of piperazine rings is 1. The maximum absolute atomic E-state index is 15.3. The van der Waals surface area contributed by atoms with Gasteiger partial charge in [-0.25, -0.2) is 40.9 Å². The summed E-state index contributed by atoms with van der Waals surface area (Å²) in [6.07, 6.45) is 14.7. The third kappa shape index (κ3) is 27.8. The number of benzene rings is 8. The summed E-state index contributed by atoms with van der Waals surface area (Å²) in [5, 5.41) is 34.1. The molecule has 1 aromatic heterocycles. The summed E-state index contributed by atoms with van der Waals surface area (Å²) in [5.41, 5.74) is 1.31. The van der Waals surface area contributed by atoms with Crippen LogP contribution in [0.4, 0.5) is 37.0 Å². The number of esters is 1. The van der Waals surface area contributed by atoms with Gasteiger partial charge >= 0.3 is 30.5 Å². The number of halogens is 8. The first-order valence-corrected chi connectivity index (χ1v) is 42.8. The number of urea groups is 1. The van der Waals surface area contributed by atoms with Crippen molar-refractivity contribution in [2.45, 2.75) is 90.0 Å². The third-order valence-electron chi connectivity index (χ3n) is 21.9. The average molecular weight is 1970 g/mol. The van der Waals surface area contributed by atoms with Gasteiger partial charge in [0.1, 0.15) is 21.7 Å². The Morgan fingerprint density at radius 1 is 0.522 bits per heavy atom. The van der Waals surface area contributed by atoms with Crippen LogP contribution in [0, 0.1) is 70.9 Å². The van der Waals surface area contributed by atoms with Gasteiger partial charge in [0.25, 0.3) is 41.4 Å². The molecule has 8 aromatic carbocycles. The average Bonchev–Trinajstić information content (AvgIpc) is 1.61. The minimum Gasteiger partial charge on any atom is -0.505 e. The number of hydrogen-bond acceptors (Lipinski definition) is 26. The molecule has 0 spiro atoms. The summed E-state index contributed by atoms with van der Waals surface area (Å²) >= 11 is 3.24. The van der Waals surface area contributed by atoms with Gasteiger partial charge in [0.2, 0.25) is 0 Å². The van der Waals surface area contributed by atoms with Crippen LogP contribution in [0.1, 0.15) is 153 Å². The molecule has 6 aliphatic heterocycles. The first-order chi connectivity index (χ1) is 64.9. The van der Waals surface area contributed by atoms with E-state index in [9.17, 15) is 70.2 Å². The molecule has 10 aliphatic rings. The molecule has 0 unspecified atom stereocenters. The van der Waals surface area contributed by atoms with Crippen molar-refractivity contribution in [1.82, 2.24) is 40.5 Å². The van der Waals surface area contributed by atoms with Crippen molar-refractivity contribution in [3.8, 4) is 52.6 Å². The van der Waals surface area contributed by atoms with Crippen molar-refractivity contribution < 1.29 is 137 Å². The molecular weight excluding hydrogens is 1880 g/mol. The predicted molar refractivity (Wildman–Crippen MR) is 472 cm³/mol. The number of phenols is 2. The van der Waals surface area contributed by atoms with E-state index in [0.717, 1.165) is 106 Å². The Bertz CT molecular complexity index is 5930. The molecule has 1 atom stereocenters. The van der Waals surface area contributed by atoms with Gasteiger partial charge in [-0.2, -0.15) is 28.8 Å². The molecule has 40 heteroatoms. The van der Waals surface area contributed by atoms with Gasteiger partial charge in [-0.3, -0.25) is 48.7 Å². The maximum atomic E-state index is 15.3. The number of terminal acetylenes is 1. The fourth-order valence-corrected chi connectivity index (χ4v) is 14.2. The molecule has 136 heavy (non-hydrogen) atoms. The molecule has 6 N–H and O–H groups in total. The van der Waals surface area contributed by atoms with Gasteiger partial charge in [0.05, 0.1) is 86.6 Å². The highest BCUT2D eigenvalue weighted by molar-refractivity contribution is 9.10. The van der Waals surface area contributed by atoms with Gasteiger partial charge in [-0.15, -0.1) is 18.8 Å². The number of phenolic OH excluding ortho intramolecular Hbond substituents is 2. The topological polar surface area (TPSA) is 428 Å². The van der Waals surface area contributed by atoms with Gasteiger partial charge in [0, 0.05) is 39.3 Å². The number of ether oxygens (including phenoxy) is 5. The number of methoxy groups -OCH3 is 1. The van der Waals surface area contributed by atoms with Crippen molar-refractivity contribution in [3.05, 3.63) is 264 Å². The number of nitrogens with one attached hydrogen (secondary N) is 3. The molecule has 32 nitrogen and oxygen atoms in total. The quantitative estimate of drug-likeness (QED) is 0.00971. The molecule has 9 aromatic rings. The Hall–Kier alpha value is -15.1. The van der Waals surface area contributed by atoms with Crippen LogP contribution in [-0.4, -0.2) is 190 Å². The standard InChI is InChI=1S/C24H22FNO5.C18H16FN3O4.C15H10FNO3.C12H12FNO2.C11H16BrN3O.C7H7FO.C6H5FO.3CO2.ClH/c25-21-19(30-12-14-5-6-14)10-9-16(20(21)24(29)31-13-15-7-8-15)11-26-22(27)17-3-1-2-4-18(17)23(26)28;1-2-18(16(24)20-17(25)21-18)9-22-7-11-5-6-12(26-8-10-3-4-10)14(19)13(11)15(22)23;16-12-7-9(5-6-13(12)18)8-17-14(19)10-3-1-2-4-11(10)15(17)20;13-11-9(16-6-7-1-2-7)4-3-8-5-14-12(15)10(8)11;1-2-14-5-7-15(8-6-14)10-4-3-9(16)11(12)13-10;1-9-7-5-3-2-4-6(7)8;7-5-3-1-2-4-6(5)8;3*2-1-3;/h1-4,9-10,14-15H,5-8,11-13H2;1,5-6,10H,3-4,7-9H2,(H2,20,21,24,25);1-7,18H,8H2;3-4,7H,1-2,5-6H2,(H,14,15);3-4,16H,2,5-8H2,1H3;2-5H,1H3;1-4,8H;;;;1H/t;18-;;;;;;;;;/m.1........./s1. The highest BCUT2D eigenvalue weighted by atomic mass is 79.9. The summed E-state index contributed by atoms with van der Waals surface area (Å²) in [4.78, 5) is 171. The molecule has 2 saturated heterocycles. The Kier molecular flexibility index (Phi) is 38.2. The number of amides is 9. The first kappa shape index (κ1) is 105. The zero-order valence-corrected chi connectivity index (χ0v) is 75.2. The Balaban J connectivity index is 0.000000181. The number of imide groups is 3. The predicted octanol–water partition coefficient (Wildman–Crippen LogP) is 12.7. The molecule has 0 bridgehead atoms. The molecule has 712 valence electrons. The number of anilines is 1. The maximum Gasteiger partial charge on any atom is 0.373 e. The molecule has 7 heterocycles. The van der Waals surface area contributed by atoms with Crippen molar-refractivity contribution in [1.29, 1.82) is 0 Å². The number of likely N-dealkylation sites (N-methyl/N-ethyl adjacent to an activating group) is 1. The second kappa shape index (κ2) is 49.6. The van der Waals surface area contributed by atoms with Crippen molar-refractivity contribution in [2.75, 3.05) is 77.7 Å².